The van der Waals surface area contributed by atoms with Crippen molar-refractivity contribution < 1.29 is 14.3 Å². The molecule has 2 amide bonds. The van der Waals surface area contributed by atoms with Gasteiger partial charge in [0.05, 0.1) is 23.1 Å². The molecule has 3 rings (SSSR count). The van der Waals surface area contributed by atoms with Crippen molar-refractivity contribution in [3.8, 4) is 0 Å². The van der Waals surface area contributed by atoms with Crippen molar-refractivity contribution in [2.75, 3.05) is 19.0 Å². The normalized spacial score (nSPS) is 20.0. The standard InChI is InChI=1S/C20H25ClN4O3/c1-11(2)25-13(4)17(12(3)23-25)22-20(27)19-18(24(5)16(26)10-28-19)14-6-8-15(21)9-7-14/h6-9,11,18-19H,10H2,1-5H3,(H,22,27)/t18-,19-/m0/s1. The lowest BCUT2D eigenvalue weighted by Crippen LogP contribution is -2.51. The van der Waals surface area contributed by atoms with E-state index >= 15 is 0 Å². The molecule has 1 N–H and O–H groups in total. The van der Waals surface area contributed by atoms with Crippen molar-refractivity contribution in [1.29, 1.82) is 0 Å². The van der Waals surface area contributed by atoms with E-state index in [1.54, 1.807) is 36.2 Å². The van der Waals surface area contributed by atoms with Gasteiger partial charge in [-0.1, -0.05) is 23.7 Å². The second kappa shape index (κ2) is 7.93. The molecule has 8 heteroatoms. The molecule has 28 heavy (non-hydrogen) atoms. The number of carbonyl (C=O) groups excluding carboxylic acids is 2. The van der Waals surface area contributed by atoms with Gasteiger partial charge >= 0.3 is 0 Å². The lowest BCUT2D eigenvalue weighted by atomic mass is 9.97. The van der Waals surface area contributed by atoms with Crippen LogP contribution in [0.1, 0.15) is 42.9 Å². The second-order valence-electron chi connectivity index (χ2n) is 7.31. The van der Waals surface area contributed by atoms with E-state index in [1.165, 1.54) is 0 Å². The number of halogens is 1. The summed E-state index contributed by atoms with van der Waals surface area (Å²) in [6.07, 6.45) is -0.843. The fraction of sp³-hybridized carbons (Fsp3) is 0.450. The summed E-state index contributed by atoms with van der Waals surface area (Å²) in [7, 11) is 1.68. The molecule has 0 unspecified atom stereocenters. The zero-order valence-electron chi connectivity index (χ0n) is 16.7. The van der Waals surface area contributed by atoms with Crippen molar-refractivity contribution in [3.63, 3.8) is 0 Å². The molecule has 0 bridgehead atoms. The average molecular weight is 405 g/mol. The molecule has 150 valence electrons. The first-order valence-corrected chi connectivity index (χ1v) is 9.57. The summed E-state index contributed by atoms with van der Waals surface area (Å²) >= 11 is 5.98. The molecule has 0 aliphatic carbocycles. The van der Waals surface area contributed by atoms with Crippen molar-refractivity contribution in [2.45, 2.75) is 45.9 Å². The predicted molar refractivity (Wildman–Crippen MR) is 107 cm³/mol. The Morgan fingerprint density at radius 1 is 1.29 bits per heavy atom. The van der Waals surface area contributed by atoms with Crippen LogP contribution in [0, 0.1) is 13.8 Å². The van der Waals surface area contributed by atoms with Crippen LogP contribution in [-0.4, -0.2) is 46.3 Å². The Bertz CT molecular complexity index is 892. The van der Waals surface area contributed by atoms with E-state index in [4.69, 9.17) is 16.3 Å². The Balaban J connectivity index is 1.91. The highest BCUT2D eigenvalue weighted by Gasteiger charge is 2.40. The van der Waals surface area contributed by atoms with E-state index in [-0.39, 0.29) is 24.5 Å². The molecule has 1 aliphatic rings. The smallest absolute Gasteiger partial charge is 0.256 e. The molecule has 1 aromatic carbocycles. The van der Waals surface area contributed by atoms with Gasteiger partial charge in [-0.15, -0.1) is 0 Å². The number of hydrogen-bond acceptors (Lipinski definition) is 4. The molecule has 7 nitrogen and oxygen atoms in total. The number of nitrogens with zero attached hydrogens (tertiary/aromatic N) is 3. The SMILES string of the molecule is Cc1nn(C(C)C)c(C)c1NC(=O)[C@H]1OCC(=O)N(C)[C@H]1c1ccc(Cl)cc1. The van der Waals surface area contributed by atoms with Gasteiger partial charge < -0.3 is 15.0 Å². The van der Waals surface area contributed by atoms with Crippen LogP contribution in [0.3, 0.4) is 0 Å². The summed E-state index contributed by atoms with van der Waals surface area (Å²) in [4.78, 5) is 26.9. The number of ether oxygens (including phenoxy) is 1. The van der Waals surface area contributed by atoms with Gasteiger partial charge in [0.1, 0.15) is 6.61 Å². The lowest BCUT2D eigenvalue weighted by Gasteiger charge is -2.38. The third kappa shape index (κ3) is 3.77. The Kier molecular flexibility index (Phi) is 5.76. The Labute approximate surface area is 169 Å². The van der Waals surface area contributed by atoms with E-state index in [1.807, 2.05) is 32.4 Å². The van der Waals surface area contributed by atoms with Gasteiger partial charge in [0.2, 0.25) is 5.91 Å². The fourth-order valence-corrected chi connectivity index (χ4v) is 3.66. The molecule has 2 atom stereocenters. The fourth-order valence-electron chi connectivity index (χ4n) is 3.53. The number of carbonyl (C=O) groups is 2. The topological polar surface area (TPSA) is 76.5 Å². The number of benzene rings is 1. The molecule has 0 radical (unpaired) electrons. The van der Waals surface area contributed by atoms with Crippen LogP contribution in [0.25, 0.3) is 0 Å². The quantitative estimate of drug-likeness (QED) is 0.848. The summed E-state index contributed by atoms with van der Waals surface area (Å²) in [6, 6.07) is 6.72. The maximum absolute atomic E-state index is 13.1. The lowest BCUT2D eigenvalue weighted by molar-refractivity contribution is -0.160. The highest BCUT2D eigenvalue weighted by atomic mass is 35.5. The summed E-state index contributed by atoms with van der Waals surface area (Å²) < 4.78 is 7.54. The van der Waals surface area contributed by atoms with E-state index in [2.05, 4.69) is 10.4 Å². The number of aromatic nitrogens is 2. The predicted octanol–water partition coefficient (Wildman–Crippen LogP) is 3.27. The van der Waals surface area contributed by atoms with Gasteiger partial charge in [-0.05, 0) is 45.4 Å². The van der Waals surface area contributed by atoms with Crippen LogP contribution >= 0.6 is 11.6 Å². The highest BCUT2D eigenvalue weighted by molar-refractivity contribution is 6.30. The minimum absolute atomic E-state index is 0.137. The highest BCUT2D eigenvalue weighted by Crippen LogP contribution is 2.31. The molecule has 0 spiro atoms. The first kappa shape index (κ1) is 20.4. The molecule has 1 fully saturated rings. The molecule has 1 aromatic heterocycles. The van der Waals surface area contributed by atoms with Crippen molar-refractivity contribution >= 4 is 29.1 Å². The minimum Gasteiger partial charge on any atom is -0.356 e. The molecular formula is C20H25ClN4O3. The number of nitrogens with one attached hydrogen (secondary N) is 1. The number of rotatable bonds is 4. The van der Waals surface area contributed by atoms with Gasteiger partial charge in [-0.2, -0.15) is 5.10 Å². The average Bonchev–Trinajstić information content (AvgIpc) is 2.93. The molecule has 1 saturated heterocycles. The zero-order chi connectivity index (χ0) is 20.6. The van der Waals surface area contributed by atoms with Gasteiger partial charge in [-0.3, -0.25) is 14.3 Å². The first-order valence-electron chi connectivity index (χ1n) is 9.20. The van der Waals surface area contributed by atoms with Gasteiger partial charge in [0.25, 0.3) is 5.91 Å². The van der Waals surface area contributed by atoms with E-state index < -0.39 is 12.1 Å². The van der Waals surface area contributed by atoms with E-state index in [0.717, 1.165) is 17.0 Å². The largest absolute Gasteiger partial charge is 0.356 e. The van der Waals surface area contributed by atoms with Crippen molar-refractivity contribution in [1.82, 2.24) is 14.7 Å². The van der Waals surface area contributed by atoms with Gasteiger partial charge in [0, 0.05) is 18.1 Å². The summed E-state index contributed by atoms with van der Waals surface area (Å²) in [5, 5.41) is 8.05. The molecule has 2 heterocycles. The molecule has 1 aliphatic heterocycles. The molecular weight excluding hydrogens is 380 g/mol. The van der Waals surface area contributed by atoms with Gasteiger partial charge in [0.15, 0.2) is 6.10 Å². The number of morpholine rings is 1. The molecule has 0 saturated carbocycles. The Morgan fingerprint density at radius 2 is 1.93 bits per heavy atom. The first-order chi connectivity index (χ1) is 13.2. The third-order valence-electron chi connectivity index (χ3n) is 5.02. The van der Waals surface area contributed by atoms with Crippen LogP contribution in [0.5, 0.6) is 0 Å². The number of likely N-dealkylation sites (N-methyl/N-ethyl adjacent to an activating group) is 1. The van der Waals surface area contributed by atoms with Crippen LogP contribution in [-0.2, 0) is 14.3 Å². The van der Waals surface area contributed by atoms with Crippen LogP contribution in [0.2, 0.25) is 5.02 Å². The maximum atomic E-state index is 13.1. The number of hydrogen-bond donors (Lipinski definition) is 1. The summed E-state index contributed by atoms with van der Waals surface area (Å²) in [5.41, 5.74) is 3.08. The van der Waals surface area contributed by atoms with Crippen molar-refractivity contribution in [3.05, 3.63) is 46.2 Å². The monoisotopic (exact) mass is 404 g/mol. The number of amides is 2. The van der Waals surface area contributed by atoms with Crippen molar-refractivity contribution in [2.24, 2.45) is 0 Å². The minimum atomic E-state index is -0.843. The van der Waals surface area contributed by atoms with E-state index in [9.17, 15) is 9.59 Å². The van der Waals surface area contributed by atoms with E-state index in [0.29, 0.717) is 10.7 Å². The third-order valence-corrected chi connectivity index (χ3v) is 5.27. The van der Waals surface area contributed by atoms with Gasteiger partial charge in [-0.25, -0.2) is 0 Å². The Hall–Kier alpha value is -2.38. The van der Waals surface area contributed by atoms with Crippen LogP contribution < -0.4 is 5.32 Å². The Morgan fingerprint density at radius 3 is 2.50 bits per heavy atom. The van der Waals surface area contributed by atoms with Crippen LogP contribution in [0.15, 0.2) is 24.3 Å². The number of anilines is 1. The molecule has 2 aromatic rings. The summed E-state index contributed by atoms with van der Waals surface area (Å²) in [6.45, 7) is 7.71. The maximum Gasteiger partial charge on any atom is 0.256 e. The zero-order valence-corrected chi connectivity index (χ0v) is 17.4. The summed E-state index contributed by atoms with van der Waals surface area (Å²) in [5.74, 6) is -0.488. The second-order valence-corrected chi connectivity index (χ2v) is 7.74. The number of aryl methyl sites for hydroxylation is 1. The van der Waals surface area contributed by atoms with Crippen LogP contribution in [0.4, 0.5) is 5.69 Å².